The van der Waals surface area contributed by atoms with Gasteiger partial charge in [0.15, 0.2) is 0 Å². The first kappa shape index (κ1) is 16.3. The molecule has 3 heteroatoms. The number of ether oxygens (including phenoxy) is 1. The number of benzene rings is 1. The Hall–Kier alpha value is -1.06. The minimum atomic E-state index is 0.271. The molecule has 1 aromatic rings. The van der Waals surface area contributed by atoms with E-state index in [0.717, 1.165) is 18.8 Å². The van der Waals surface area contributed by atoms with Gasteiger partial charge in [-0.2, -0.15) is 0 Å². The number of hydrogen-bond acceptors (Lipinski definition) is 3. The third-order valence-corrected chi connectivity index (χ3v) is 5.52. The van der Waals surface area contributed by atoms with Gasteiger partial charge in [0.05, 0.1) is 13.2 Å². The summed E-state index contributed by atoms with van der Waals surface area (Å²) < 4.78 is 5.52. The Morgan fingerprint density at radius 3 is 2.33 bits per heavy atom. The van der Waals surface area contributed by atoms with Crippen molar-refractivity contribution in [3.05, 3.63) is 29.8 Å². The van der Waals surface area contributed by atoms with Crippen molar-refractivity contribution in [2.24, 2.45) is 11.1 Å². The van der Waals surface area contributed by atoms with Crippen molar-refractivity contribution in [3.63, 3.8) is 0 Å². The van der Waals surface area contributed by atoms with E-state index in [-0.39, 0.29) is 6.04 Å². The maximum Gasteiger partial charge on any atom is 0.123 e. The molecule has 1 fully saturated rings. The fourth-order valence-corrected chi connectivity index (χ4v) is 3.68. The third-order valence-electron chi connectivity index (χ3n) is 5.52. The van der Waals surface area contributed by atoms with E-state index in [2.05, 4.69) is 30.9 Å². The van der Waals surface area contributed by atoms with Crippen molar-refractivity contribution in [1.82, 2.24) is 4.90 Å². The van der Waals surface area contributed by atoms with Crippen molar-refractivity contribution in [1.29, 1.82) is 0 Å². The number of para-hydroxylation sites is 1. The van der Waals surface area contributed by atoms with E-state index in [1.807, 2.05) is 12.1 Å². The quantitative estimate of drug-likeness (QED) is 0.870. The van der Waals surface area contributed by atoms with Crippen LogP contribution in [0.15, 0.2) is 24.3 Å². The van der Waals surface area contributed by atoms with E-state index < -0.39 is 0 Å². The molecule has 1 aliphatic heterocycles. The molecule has 1 unspecified atom stereocenters. The first-order valence-electron chi connectivity index (χ1n) is 8.26. The minimum Gasteiger partial charge on any atom is -0.496 e. The molecule has 2 N–H and O–H groups in total. The molecule has 21 heavy (non-hydrogen) atoms. The van der Waals surface area contributed by atoms with E-state index in [1.54, 1.807) is 7.11 Å². The predicted octanol–water partition coefficient (Wildman–Crippen LogP) is 3.60. The fourth-order valence-electron chi connectivity index (χ4n) is 3.68. The zero-order chi connectivity index (χ0) is 15.3. The first-order valence-corrected chi connectivity index (χ1v) is 8.26. The highest BCUT2D eigenvalue weighted by Crippen LogP contribution is 2.40. The molecule has 3 nitrogen and oxygen atoms in total. The topological polar surface area (TPSA) is 38.5 Å². The van der Waals surface area contributed by atoms with Gasteiger partial charge in [-0.1, -0.05) is 44.9 Å². The second-order valence-corrected chi connectivity index (χ2v) is 6.24. The van der Waals surface area contributed by atoms with Gasteiger partial charge >= 0.3 is 0 Å². The van der Waals surface area contributed by atoms with E-state index in [4.69, 9.17) is 10.5 Å². The van der Waals surface area contributed by atoms with E-state index in [9.17, 15) is 0 Å². The van der Waals surface area contributed by atoms with Crippen molar-refractivity contribution in [3.8, 4) is 5.75 Å². The van der Waals surface area contributed by atoms with Gasteiger partial charge in [0.2, 0.25) is 0 Å². The molecule has 1 heterocycles. The number of hydrogen-bond donors (Lipinski definition) is 1. The summed E-state index contributed by atoms with van der Waals surface area (Å²) >= 11 is 0. The maximum absolute atomic E-state index is 6.09. The van der Waals surface area contributed by atoms with Gasteiger partial charge in [-0.15, -0.1) is 0 Å². The molecule has 1 aliphatic rings. The maximum atomic E-state index is 6.09. The number of likely N-dealkylation sites (tertiary alicyclic amines) is 1. The lowest BCUT2D eigenvalue weighted by atomic mass is 9.74. The number of methoxy groups -OCH3 is 1. The largest absolute Gasteiger partial charge is 0.496 e. The highest BCUT2D eigenvalue weighted by atomic mass is 16.5. The summed E-state index contributed by atoms with van der Waals surface area (Å²) in [6, 6.07) is 8.55. The van der Waals surface area contributed by atoms with Crippen LogP contribution in [-0.4, -0.2) is 31.6 Å². The van der Waals surface area contributed by atoms with Crippen LogP contribution in [0.3, 0.4) is 0 Å². The Balaban J connectivity index is 2.13. The predicted molar refractivity (Wildman–Crippen MR) is 88.6 cm³/mol. The van der Waals surface area contributed by atoms with E-state index >= 15 is 0 Å². The Morgan fingerprint density at radius 1 is 1.19 bits per heavy atom. The van der Waals surface area contributed by atoms with Gasteiger partial charge < -0.3 is 10.5 Å². The molecule has 118 valence electrons. The van der Waals surface area contributed by atoms with Crippen LogP contribution < -0.4 is 10.5 Å². The average Bonchev–Trinajstić information content (AvgIpc) is 2.57. The lowest BCUT2D eigenvalue weighted by Crippen LogP contribution is -2.43. The van der Waals surface area contributed by atoms with Crippen LogP contribution in [0.5, 0.6) is 5.75 Å². The summed E-state index contributed by atoms with van der Waals surface area (Å²) in [5.41, 5.74) is 7.87. The molecular weight excluding hydrogens is 260 g/mol. The smallest absolute Gasteiger partial charge is 0.123 e. The van der Waals surface area contributed by atoms with Gasteiger partial charge in [0.1, 0.15) is 5.75 Å². The highest BCUT2D eigenvalue weighted by Gasteiger charge is 2.34. The number of nitrogens with zero attached hydrogens (tertiary/aromatic N) is 1. The number of rotatable bonds is 6. The molecule has 0 saturated carbocycles. The van der Waals surface area contributed by atoms with Gasteiger partial charge in [-0.3, -0.25) is 4.90 Å². The number of piperidine rings is 1. The van der Waals surface area contributed by atoms with Crippen LogP contribution in [0.4, 0.5) is 0 Å². The molecule has 1 atom stereocenters. The van der Waals surface area contributed by atoms with Crippen LogP contribution in [0.2, 0.25) is 0 Å². The SMILES string of the molecule is CCC1(CC)CCN(C(CN)c2ccccc2OC)CC1. The second kappa shape index (κ2) is 7.28. The Morgan fingerprint density at radius 2 is 1.81 bits per heavy atom. The van der Waals surface area contributed by atoms with Gasteiger partial charge in [0.25, 0.3) is 0 Å². The standard InChI is InChI=1S/C18H30N2O/c1-4-18(5-2)10-12-20(13-11-18)16(14-19)15-8-6-7-9-17(15)21-3/h6-9,16H,4-5,10-14,19H2,1-3H3. The summed E-state index contributed by atoms with van der Waals surface area (Å²) in [7, 11) is 1.74. The lowest BCUT2D eigenvalue weighted by Gasteiger charge is -2.44. The van der Waals surface area contributed by atoms with Gasteiger partial charge in [-0.05, 0) is 37.4 Å². The summed E-state index contributed by atoms with van der Waals surface area (Å²) in [5.74, 6) is 0.954. The Kier molecular flexibility index (Phi) is 5.65. The van der Waals surface area contributed by atoms with Crippen molar-refractivity contribution in [2.75, 3.05) is 26.7 Å². The lowest BCUT2D eigenvalue weighted by molar-refractivity contribution is 0.0672. The normalized spacial score (nSPS) is 20.2. The Labute approximate surface area is 129 Å². The third kappa shape index (κ3) is 3.41. The highest BCUT2D eigenvalue weighted by molar-refractivity contribution is 5.36. The van der Waals surface area contributed by atoms with Crippen LogP contribution in [-0.2, 0) is 0 Å². The summed E-state index contributed by atoms with van der Waals surface area (Å²) in [6.07, 6.45) is 5.15. The zero-order valence-electron chi connectivity index (χ0n) is 13.8. The molecule has 0 radical (unpaired) electrons. The minimum absolute atomic E-state index is 0.271. The Bertz CT molecular complexity index is 433. The average molecular weight is 290 g/mol. The van der Waals surface area contributed by atoms with Gasteiger partial charge in [-0.25, -0.2) is 0 Å². The monoisotopic (exact) mass is 290 g/mol. The molecule has 0 spiro atoms. The molecular formula is C18H30N2O. The number of nitrogens with two attached hydrogens (primary N) is 1. The van der Waals surface area contributed by atoms with Crippen molar-refractivity contribution in [2.45, 2.75) is 45.6 Å². The van der Waals surface area contributed by atoms with E-state index in [0.29, 0.717) is 12.0 Å². The summed E-state index contributed by atoms with van der Waals surface area (Å²) in [6.45, 7) is 7.59. The second-order valence-electron chi connectivity index (χ2n) is 6.24. The van der Waals surface area contributed by atoms with Crippen molar-refractivity contribution < 1.29 is 4.74 Å². The molecule has 0 aromatic heterocycles. The molecule has 0 bridgehead atoms. The summed E-state index contributed by atoms with van der Waals surface area (Å²) in [4.78, 5) is 2.54. The van der Waals surface area contributed by atoms with Crippen LogP contribution in [0, 0.1) is 5.41 Å². The van der Waals surface area contributed by atoms with Crippen molar-refractivity contribution >= 4 is 0 Å². The molecule has 0 aliphatic carbocycles. The molecule has 1 saturated heterocycles. The molecule has 1 aromatic carbocycles. The van der Waals surface area contributed by atoms with Crippen LogP contribution >= 0.6 is 0 Å². The van der Waals surface area contributed by atoms with E-state index in [1.165, 1.54) is 31.2 Å². The molecule has 2 rings (SSSR count). The fraction of sp³-hybridized carbons (Fsp3) is 0.667. The first-order chi connectivity index (χ1) is 10.2. The summed E-state index contributed by atoms with van der Waals surface area (Å²) in [5, 5.41) is 0. The van der Waals surface area contributed by atoms with Crippen LogP contribution in [0.25, 0.3) is 0 Å². The zero-order valence-corrected chi connectivity index (χ0v) is 13.8. The van der Waals surface area contributed by atoms with Gasteiger partial charge in [0, 0.05) is 12.1 Å². The van der Waals surface area contributed by atoms with Crippen LogP contribution in [0.1, 0.15) is 51.1 Å². The molecule has 0 amide bonds.